The fraction of sp³-hybridized carbons (Fsp3) is 0.321. The van der Waals surface area contributed by atoms with Crippen LogP contribution in [0.1, 0.15) is 52.8 Å². The second-order valence-electron chi connectivity index (χ2n) is 17.9. The third kappa shape index (κ3) is 10.7. The lowest BCUT2D eigenvalue weighted by molar-refractivity contribution is -0.137. The van der Waals surface area contributed by atoms with Gasteiger partial charge in [0.05, 0.1) is 66.0 Å². The van der Waals surface area contributed by atoms with E-state index in [2.05, 4.69) is 30.6 Å². The Hall–Kier alpha value is -7.38. The smallest absolute Gasteiger partial charge is 0.418 e. The minimum atomic E-state index is -5.03. The van der Waals surface area contributed by atoms with Crippen LogP contribution in [-0.2, 0) is 30.5 Å². The van der Waals surface area contributed by atoms with Crippen LogP contribution < -0.4 is 45.1 Å². The molecule has 3 aliphatic heterocycles. The number of nitrogens with one attached hydrogen (secondary N) is 2. The van der Waals surface area contributed by atoms with E-state index in [0.29, 0.717) is 35.2 Å². The number of halogens is 6. The van der Waals surface area contributed by atoms with Crippen molar-refractivity contribution in [3.8, 4) is 34.3 Å². The third-order valence-electron chi connectivity index (χ3n) is 13.1. The molecule has 0 saturated carbocycles. The molecule has 3 atom stereocenters. The van der Waals surface area contributed by atoms with Crippen LogP contribution in [0.3, 0.4) is 0 Å². The number of nitrogens with zero attached hydrogens (tertiary/aromatic N) is 7. The molecule has 2 N–H and O–H groups in total. The number of likely N-dealkylation sites (N-methyl/N-ethyl adjacent to an activating group) is 1. The number of benzene rings is 4. The maximum atomic E-state index is 18.2. The lowest BCUT2D eigenvalue weighted by Crippen LogP contribution is -2.45. The maximum Gasteiger partial charge on any atom is 0.418 e. The Morgan fingerprint density at radius 2 is 1.55 bits per heavy atom. The van der Waals surface area contributed by atoms with Gasteiger partial charge in [0.1, 0.15) is 60.5 Å². The molecule has 4 aromatic carbocycles. The van der Waals surface area contributed by atoms with Crippen molar-refractivity contribution < 1.29 is 45.6 Å². The van der Waals surface area contributed by atoms with Gasteiger partial charge in [0, 0.05) is 44.0 Å². The number of anilines is 2. The van der Waals surface area contributed by atoms with Crippen LogP contribution in [-0.4, -0.2) is 85.2 Å². The highest BCUT2D eigenvalue weighted by Gasteiger charge is 2.41. The zero-order valence-electron chi connectivity index (χ0n) is 40.9. The van der Waals surface area contributed by atoms with Gasteiger partial charge >= 0.3 is 12.1 Å². The molecule has 0 radical (unpaired) electrons. The summed E-state index contributed by atoms with van der Waals surface area (Å²) < 4.78 is 108. The Morgan fingerprint density at radius 1 is 0.932 bits per heavy atom. The average Bonchev–Trinajstić information content (AvgIpc) is 3.61. The normalized spacial score (nSPS) is 16.8. The van der Waals surface area contributed by atoms with Gasteiger partial charge in [-0.2, -0.15) is 13.2 Å². The molecule has 5 heterocycles. The second-order valence-corrected chi connectivity index (χ2v) is 18.2. The van der Waals surface area contributed by atoms with Crippen molar-refractivity contribution in [3.63, 3.8) is 0 Å². The van der Waals surface area contributed by atoms with Gasteiger partial charge in [-0.15, -0.1) is 0 Å². The molecule has 0 aliphatic carbocycles. The van der Waals surface area contributed by atoms with Crippen LogP contribution in [0, 0.1) is 12.7 Å². The first-order chi connectivity index (χ1) is 35.1. The number of alkyl halides is 4. The first-order valence-electron chi connectivity index (χ1n) is 23.4. The number of hydrogen-bond donors (Lipinski definition) is 2. The largest absolute Gasteiger partial charge is 0.497 e. The van der Waals surface area contributed by atoms with Crippen molar-refractivity contribution in [1.82, 2.24) is 30.1 Å². The zero-order chi connectivity index (χ0) is 51.6. The molecule has 9 rings (SSSR count). The molecule has 1 saturated heterocycles. The van der Waals surface area contributed by atoms with Crippen molar-refractivity contribution in [2.75, 3.05) is 58.4 Å². The summed E-state index contributed by atoms with van der Waals surface area (Å²) >= 11 is 7.24. The molecule has 6 aromatic rings. The Kier molecular flexibility index (Phi) is 14.8. The number of ether oxygens (including phenoxy) is 5. The number of likely N-dealkylation sites (tertiary alicyclic amines) is 1. The van der Waals surface area contributed by atoms with Gasteiger partial charge in [-0.1, -0.05) is 48.0 Å². The summed E-state index contributed by atoms with van der Waals surface area (Å²) in [7, 11) is 6.46. The summed E-state index contributed by atoms with van der Waals surface area (Å²) in [5, 5.41) is 6.19. The lowest BCUT2D eigenvalue weighted by Gasteiger charge is -2.31. The van der Waals surface area contributed by atoms with E-state index in [1.807, 2.05) is 60.4 Å². The average molecular weight is 1030 g/mol. The SMILES string of the molecule is COc1ccc(CNc2ncncc2C(C)N2C=C(OC[C@@H]3C[C@@H](F)CN3C)Oc3c(F)c(-c4nc(N(Cc5ccc(OC)cc5)Cc5ccc(OC)cc5)cc(C)c4C(F)(F)F)c(Cl)c4c3=C2NCN=4)cc1. The van der Waals surface area contributed by atoms with Crippen LogP contribution >= 0.6 is 11.6 Å². The minimum Gasteiger partial charge on any atom is -0.497 e. The van der Waals surface area contributed by atoms with Crippen LogP contribution in [0.2, 0.25) is 5.02 Å². The topological polar surface area (TPSA) is 131 Å². The lowest BCUT2D eigenvalue weighted by atomic mass is 9.98. The fourth-order valence-electron chi connectivity index (χ4n) is 9.24. The molecule has 382 valence electrons. The van der Waals surface area contributed by atoms with Gasteiger partial charge in [0.15, 0.2) is 11.6 Å². The fourth-order valence-corrected chi connectivity index (χ4v) is 9.57. The molecule has 14 nitrogen and oxygen atoms in total. The molecule has 1 fully saturated rings. The van der Waals surface area contributed by atoms with Crippen LogP contribution in [0.25, 0.3) is 17.1 Å². The highest BCUT2D eigenvalue weighted by Crippen LogP contribution is 2.44. The predicted octanol–water partition coefficient (Wildman–Crippen LogP) is 9.06. The molecular formula is C53H53ClF5N9O5. The summed E-state index contributed by atoms with van der Waals surface area (Å²) in [6, 6.07) is 22.3. The van der Waals surface area contributed by atoms with Gasteiger partial charge < -0.3 is 44.1 Å². The van der Waals surface area contributed by atoms with E-state index in [-0.39, 0.29) is 79.1 Å². The summed E-state index contributed by atoms with van der Waals surface area (Å²) in [5.74, 6) is 0.792. The van der Waals surface area contributed by atoms with Gasteiger partial charge in [-0.3, -0.25) is 9.89 Å². The van der Waals surface area contributed by atoms with E-state index in [1.165, 1.54) is 25.5 Å². The number of aromatic nitrogens is 3. The Bertz CT molecular complexity index is 3080. The van der Waals surface area contributed by atoms with Crippen LogP contribution in [0.15, 0.2) is 109 Å². The minimum absolute atomic E-state index is 0.0210. The summed E-state index contributed by atoms with van der Waals surface area (Å²) in [5.41, 5.74) is 0.261. The molecule has 1 unspecified atom stereocenters. The zero-order valence-corrected chi connectivity index (χ0v) is 41.6. The van der Waals surface area contributed by atoms with Crippen molar-refractivity contribution in [2.24, 2.45) is 4.99 Å². The van der Waals surface area contributed by atoms with Gasteiger partial charge in [0.25, 0.3) is 0 Å². The predicted molar refractivity (Wildman–Crippen MR) is 266 cm³/mol. The first-order valence-corrected chi connectivity index (χ1v) is 23.8. The molecule has 3 aliphatic rings. The van der Waals surface area contributed by atoms with Crippen molar-refractivity contribution in [3.05, 3.63) is 158 Å². The third-order valence-corrected chi connectivity index (χ3v) is 13.5. The van der Waals surface area contributed by atoms with Gasteiger partial charge in [-0.25, -0.2) is 23.7 Å². The standard InChI is InChI=1S/C53H53ClF5N9O5/c1-30-19-41(67(23-33-9-15-38(70-5)16-10-33)24-34-11-17-39(71-6)18-12-34)65-48(45(30)53(57,58)59)43-46(54)49-44-50(47(43)56)73-42(72-27-36-20-35(55)25-66(36)3)26-68(52(44)64-29-62-49)31(2)40-22-60-28-63-51(40)61-21-32-7-13-37(69-4)14-8-32/h7-19,22,26,28,31,35-36,64H,20-21,23-25,27,29H2,1-6H3,(H,60,61,63)/t31?,35-,36+/m1/s1. The summed E-state index contributed by atoms with van der Waals surface area (Å²) in [4.78, 5) is 23.6. The van der Waals surface area contributed by atoms with Crippen molar-refractivity contribution in [1.29, 1.82) is 0 Å². The quantitative estimate of drug-likeness (QED) is 0.0844. The Balaban J connectivity index is 1.19. The number of hydrogen-bond acceptors (Lipinski definition) is 14. The number of rotatable bonds is 17. The van der Waals surface area contributed by atoms with Gasteiger partial charge in [0.2, 0.25) is 0 Å². The monoisotopic (exact) mass is 1030 g/mol. The molecule has 73 heavy (non-hydrogen) atoms. The molecule has 0 spiro atoms. The van der Waals surface area contributed by atoms with E-state index in [9.17, 15) is 4.39 Å². The van der Waals surface area contributed by atoms with E-state index < -0.39 is 51.8 Å². The molecule has 2 aromatic heterocycles. The van der Waals surface area contributed by atoms with Crippen LogP contribution in [0.5, 0.6) is 23.0 Å². The highest BCUT2D eigenvalue weighted by atomic mass is 35.5. The molecule has 20 heteroatoms. The van der Waals surface area contributed by atoms with Crippen molar-refractivity contribution >= 4 is 29.1 Å². The van der Waals surface area contributed by atoms with Crippen LogP contribution in [0.4, 0.5) is 33.6 Å². The van der Waals surface area contributed by atoms with E-state index in [0.717, 1.165) is 16.7 Å². The number of methoxy groups -OCH3 is 3. The van der Waals surface area contributed by atoms with Gasteiger partial charge in [-0.05, 0) is 92.0 Å². The molecule has 0 amide bonds. The highest BCUT2D eigenvalue weighted by molar-refractivity contribution is 6.33. The van der Waals surface area contributed by atoms with Crippen molar-refractivity contribution in [2.45, 2.75) is 64.3 Å². The Labute approximate surface area is 423 Å². The van der Waals surface area contributed by atoms with E-state index >= 15 is 17.6 Å². The molecule has 0 bridgehead atoms. The van der Waals surface area contributed by atoms with E-state index in [4.69, 9.17) is 35.3 Å². The second kappa shape index (κ2) is 21.4. The summed E-state index contributed by atoms with van der Waals surface area (Å²) in [6.07, 6.45) is -1.39. The summed E-state index contributed by atoms with van der Waals surface area (Å²) in [6.45, 7) is 3.93. The number of pyridine rings is 1. The molecular weight excluding hydrogens is 973 g/mol. The first kappa shape index (κ1) is 50.6. The maximum absolute atomic E-state index is 18.2. The van der Waals surface area contributed by atoms with E-state index in [1.54, 1.807) is 68.6 Å². The Morgan fingerprint density at radius 3 is 2.12 bits per heavy atom. The number of aryl methyl sites for hydroxylation is 1.